The Kier molecular flexibility index (Phi) is 4.14. The monoisotopic (exact) mass is 226 g/mol. The van der Waals surface area contributed by atoms with E-state index in [-0.39, 0.29) is 5.57 Å². The van der Waals surface area contributed by atoms with Crippen molar-refractivity contribution in [2.24, 2.45) is 0 Å². The number of rotatable bonds is 3. The van der Waals surface area contributed by atoms with Crippen molar-refractivity contribution in [3.05, 3.63) is 35.5 Å². The van der Waals surface area contributed by atoms with E-state index in [1.165, 1.54) is 6.20 Å². The summed E-state index contributed by atoms with van der Waals surface area (Å²) in [6, 6.07) is 9.46. The van der Waals surface area contributed by atoms with Crippen LogP contribution in [0, 0.1) is 29.6 Å². The molecule has 4 heteroatoms. The van der Waals surface area contributed by atoms with E-state index in [0.717, 1.165) is 16.9 Å². The maximum absolute atomic E-state index is 8.59. The largest absolute Gasteiger partial charge is 0.377 e. The second kappa shape index (κ2) is 5.58. The lowest BCUT2D eigenvalue weighted by molar-refractivity contribution is 1.11. The van der Waals surface area contributed by atoms with Crippen molar-refractivity contribution in [1.82, 2.24) is 0 Å². The van der Waals surface area contributed by atoms with Gasteiger partial charge < -0.3 is 10.2 Å². The molecular weight excluding hydrogens is 212 g/mol. The summed E-state index contributed by atoms with van der Waals surface area (Å²) in [6.45, 7) is 2.01. The van der Waals surface area contributed by atoms with E-state index in [1.54, 1.807) is 12.1 Å². The first kappa shape index (κ1) is 12.6. The molecule has 0 aromatic heterocycles. The number of nitrogens with one attached hydrogen (secondary N) is 1. The van der Waals surface area contributed by atoms with Crippen LogP contribution in [0.5, 0.6) is 0 Å². The minimum atomic E-state index is 0.0549. The topological polar surface area (TPSA) is 62.9 Å². The summed E-state index contributed by atoms with van der Waals surface area (Å²) < 4.78 is 0. The smallest absolute Gasteiger partial charge is 0.145 e. The van der Waals surface area contributed by atoms with Crippen LogP contribution in [0.2, 0.25) is 0 Å². The van der Waals surface area contributed by atoms with Crippen molar-refractivity contribution in [3.63, 3.8) is 0 Å². The number of anilines is 2. The zero-order valence-electron chi connectivity index (χ0n) is 10.2. The molecule has 0 heterocycles. The molecule has 1 aromatic carbocycles. The average molecular weight is 226 g/mol. The summed E-state index contributed by atoms with van der Waals surface area (Å²) in [5, 5.41) is 20.1. The molecule has 1 rings (SSSR count). The third-order valence-electron chi connectivity index (χ3n) is 2.30. The highest BCUT2D eigenvalue weighted by atomic mass is 15.1. The second-order valence-corrected chi connectivity index (χ2v) is 3.82. The van der Waals surface area contributed by atoms with Gasteiger partial charge in [0.2, 0.25) is 0 Å². The fourth-order valence-electron chi connectivity index (χ4n) is 1.49. The summed E-state index contributed by atoms with van der Waals surface area (Å²) in [6.07, 6.45) is 1.41. The van der Waals surface area contributed by atoms with E-state index in [9.17, 15) is 0 Å². The number of hydrogen-bond donors (Lipinski definition) is 1. The third-order valence-corrected chi connectivity index (χ3v) is 2.30. The Morgan fingerprint density at radius 3 is 2.41 bits per heavy atom. The molecule has 0 aliphatic heterocycles. The van der Waals surface area contributed by atoms with E-state index in [2.05, 4.69) is 5.32 Å². The van der Waals surface area contributed by atoms with Crippen LogP contribution in [0.15, 0.2) is 30.0 Å². The molecule has 0 saturated carbocycles. The van der Waals surface area contributed by atoms with Gasteiger partial charge in [-0.25, -0.2) is 0 Å². The van der Waals surface area contributed by atoms with Gasteiger partial charge in [-0.3, -0.25) is 0 Å². The average Bonchev–Trinajstić information content (AvgIpc) is 2.30. The zero-order valence-corrected chi connectivity index (χ0v) is 10.2. The van der Waals surface area contributed by atoms with Gasteiger partial charge in [-0.05, 0) is 30.7 Å². The number of hydrogen-bond acceptors (Lipinski definition) is 4. The third kappa shape index (κ3) is 3.25. The van der Waals surface area contributed by atoms with Crippen LogP contribution in [-0.4, -0.2) is 14.1 Å². The van der Waals surface area contributed by atoms with Crippen LogP contribution in [0.1, 0.15) is 5.56 Å². The molecule has 0 radical (unpaired) electrons. The number of benzene rings is 1. The first-order chi connectivity index (χ1) is 8.08. The molecule has 0 unspecified atom stereocenters. The van der Waals surface area contributed by atoms with Crippen LogP contribution in [0.25, 0.3) is 0 Å². The highest BCUT2D eigenvalue weighted by Gasteiger charge is 2.01. The van der Waals surface area contributed by atoms with Gasteiger partial charge in [0.15, 0.2) is 0 Å². The van der Waals surface area contributed by atoms with Crippen molar-refractivity contribution in [1.29, 1.82) is 10.5 Å². The molecule has 0 atom stereocenters. The molecule has 1 aromatic rings. The standard InChI is InChI=1S/C13H14N4/c1-10-6-12(4-5-13(10)17(2)3)16-9-11(7-14)8-15/h4-6,9,16H,1-3H3. The Hall–Kier alpha value is -2.46. The van der Waals surface area contributed by atoms with Gasteiger partial charge >= 0.3 is 0 Å². The molecule has 0 aliphatic carbocycles. The van der Waals surface area contributed by atoms with Crippen LogP contribution in [0.3, 0.4) is 0 Å². The van der Waals surface area contributed by atoms with E-state index < -0.39 is 0 Å². The molecule has 0 spiro atoms. The van der Waals surface area contributed by atoms with Crippen LogP contribution in [-0.2, 0) is 0 Å². The van der Waals surface area contributed by atoms with Gasteiger partial charge in [0.25, 0.3) is 0 Å². The summed E-state index contributed by atoms with van der Waals surface area (Å²) in [5.74, 6) is 0. The Bertz CT molecular complexity index is 499. The van der Waals surface area contributed by atoms with Gasteiger partial charge in [-0.15, -0.1) is 0 Å². The summed E-state index contributed by atoms with van der Waals surface area (Å²) in [4.78, 5) is 2.03. The molecule has 17 heavy (non-hydrogen) atoms. The first-order valence-corrected chi connectivity index (χ1v) is 5.13. The lowest BCUT2D eigenvalue weighted by atomic mass is 10.1. The van der Waals surface area contributed by atoms with Gasteiger partial charge in [0.1, 0.15) is 17.7 Å². The van der Waals surface area contributed by atoms with Gasteiger partial charge in [-0.2, -0.15) is 10.5 Å². The number of nitrogens with zero attached hydrogens (tertiary/aromatic N) is 3. The Balaban J connectivity index is 2.90. The van der Waals surface area contributed by atoms with Crippen molar-refractivity contribution in [2.75, 3.05) is 24.3 Å². The maximum atomic E-state index is 8.59. The minimum absolute atomic E-state index is 0.0549. The number of nitriles is 2. The van der Waals surface area contributed by atoms with Crippen LogP contribution < -0.4 is 10.2 Å². The van der Waals surface area contributed by atoms with Gasteiger partial charge in [0.05, 0.1) is 0 Å². The lowest BCUT2D eigenvalue weighted by Gasteiger charge is -2.16. The summed E-state index contributed by atoms with van der Waals surface area (Å²) in [7, 11) is 3.97. The minimum Gasteiger partial charge on any atom is -0.377 e. The van der Waals surface area contributed by atoms with E-state index in [1.807, 2.05) is 44.1 Å². The van der Waals surface area contributed by atoms with Gasteiger partial charge in [0, 0.05) is 31.7 Å². The molecular formula is C13H14N4. The Morgan fingerprint density at radius 2 is 1.94 bits per heavy atom. The Labute approximate surface area is 101 Å². The predicted molar refractivity (Wildman–Crippen MR) is 68.4 cm³/mol. The quantitative estimate of drug-likeness (QED) is 0.804. The van der Waals surface area contributed by atoms with Crippen molar-refractivity contribution >= 4 is 11.4 Å². The SMILES string of the molecule is Cc1cc(NC=C(C#N)C#N)ccc1N(C)C. The molecule has 0 aliphatic rings. The predicted octanol–water partition coefficient (Wildman–Crippen LogP) is 2.40. The molecule has 0 bridgehead atoms. The van der Waals surface area contributed by atoms with Crippen molar-refractivity contribution < 1.29 is 0 Å². The van der Waals surface area contributed by atoms with Crippen LogP contribution >= 0.6 is 0 Å². The molecule has 86 valence electrons. The molecule has 4 nitrogen and oxygen atoms in total. The zero-order chi connectivity index (χ0) is 12.8. The summed E-state index contributed by atoms with van der Waals surface area (Å²) >= 11 is 0. The second-order valence-electron chi connectivity index (χ2n) is 3.82. The number of allylic oxidation sites excluding steroid dienone is 1. The lowest BCUT2D eigenvalue weighted by Crippen LogP contribution is -2.10. The van der Waals surface area contributed by atoms with Crippen LogP contribution in [0.4, 0.5) is 11.4 Å². The molecule has 1 N–H and O–H groups in total. The molecule has 0 fully saturated rings. The fraction of sp³-hybridized carbons (Fsp3) is 0.231. The van der Waals surface area contributed by atoms with E-state index in [4.69, 9.17) is 10.5 Å². The normalized spacial score (nSPS) is 8.76. The maximum Gasteiger partial charge on any atom is 0.145 e. The van der Waals surface area contributed by atoms with E-state index in [0.29, 0.717) is 0 Å². The van der Waals surface area contributed by atoms with Crippen molar-refractivity contribution in [2.45, 2.75) is 6.92 Å². The Morgan fingerprint density at radius 1 is 1.29 bits per heavy atom. The fourth-order valence-corrected chi connectivity index (χ4v) is 1.49. The molecule has 0 amide bonds. The van der Waals surface area contributed by atoms with Gasteiger partial charge in [-0.1, -0.05) is 0 Å². The highest BCUT2D eigenvalue weighted by molar-refractivity contribution is 5.61. The van der Waals surface area contributed by atoms with E-state index >= 15 is 0 Å². The van der Waals surface area contributed by atoms with Crippen molar-refractivity contribution in [3.8, 4) is 12.1 Å². The number of aryl methyl sites for hydroxylation is 1. The highest BCUT2D eigenvalue weighted by Crippen LogP contribution is 2.21. The first-order valence-electron chi connectivity index (χ1n) is 5.13. The molecule has 0 saturated heterocycles. The summed E-state index contributed by atoms with van der Waals surface area (Å²) in [5.41, 5.74) is 3.18.